The third kappa shape index (κ3) is 26.0. The summed E-state index contributed by atoms with van der Waals surface area (Å²) in [6.07, 6.45) is 21.3. The Morgan fingerprint density at radius 1 is 0.525 bits per heavy atom. The molecule has 0 fully saturated rings. The van der Waals surface area contributed by atoms with Crippen molar-refractivity contribution in [3.63, 3.8) is 0 Å². The number of aliphatic carboxylic acids is 1. The zero-order valence-corrected chi connectivity index (χ0v) is 24.9. The summed E-state index contributed by atoms with van der Waals surface area (Å²) < 4.78 is 0. The van der Waals surface area contributed by atoms with Gasteiger partial charge in [0.2, 0.25) is 17.7 Å². The molecule has 0 spiro atoms. The van der Waals surface area contributed by atoms with Crippen molar-refractivity contribution in [1.29, 1.82) is 0 Å². The second-order valence-electron chi connectivity index (χ2n) is 11.1. The lowest BCUT2D eigenvalue weighted by Gasteiger charge is -2.13. The first-order valence-electron chi connectivity index (χ1n) is 15.8. The van der Waals surface area contributed by atoms with Crippen LogP contribution in [0.1, 0.15) is 141 Å². The topological polar surface area (TPSA) is 191 Å². The van der Waals surface area contributed by atoms with E-state index >= 15 is 0 Å². The van der Waals surface area contributed by atoms with Crippen molar-refractivity contribution in [3.8, 4) is 0 Å². The first kappa shape index (κ1) is 37.8. The molecule has 0 aliphatic heterocycles. The summed E-state index contributed by atoms with van der Waals surface area (Å²) in [5, 5.41) is 14.4. The van der Waals surface area contributed by atoms with E-state index < -0.39 is 24.0 Å². The molecule has 234 valence electrons. The first-order valence-corrected chi connectivity index (χ1v) is 15.8. The number of hydrogen-bond acceptors (Lipinski definition) is 6. The van der Waals surface area contributed by atoms with Crippen molar-refractivity contribution in [2.24, 2.45) is 17.2 Å². The highest BCUT2D eigenvalue weighted by Gasteiger charge is 2.13. The highest BCUT2D eigenvalue weighted by molar-refractivity contribution is 5.81. The van der Waals surface area contributed by atoms with Crippen molar-refractivity contribution >= 4 is 23.7 Å². The lowest BCUT2D eigenvalue weighted by molar-refractivity contribution is -0.137. The van der Waals surface area contributed by atoms with Gasteiger partial charge in [-0.2, -0.15) is 0 Å². The smallest absolute Gasteiger partial charge is 0.303 e. The molecule has 0 heterocycles. The van der Waals surface area contributed by atoms with E-state index in [1.54, 1.807) is 0 Å². The molecule has 0 saturated heterocycles. The molecule has 0 unspecified atom stereocenters. The van der Waals surface area contributed by atoms with Gasteiger partial charge in [-0.05, 0) is 51.4 Å². The number of carboxylic acid groups (broad SMARTS) is 1. The second-order valence-corrected chi connectivity index (χ2v) is 11.1. The van der Waals surface area contributed by atoms with Gasteiger partial charge >= 0.3 is 5.97 Å². The minimum absolute atomic E-state index is 0.0972. The van der Waals surface area contributed by atoms with Crippen LogP contribution in [0.2, 0.25) is 0 Å². The number of carbonyl (C=O) groups excluding carboxylic acids is 3. The van der Waals surface area contributed by atoms with Gasteiger partial charge in [-0.15, -0.1) is 0 Å². The Morgan fingerprint density at radius 3 is 1.38 bits per heavy atom. The minimum Gasteiger partial charge on any atom is -0.481 e. The third-order valence-electron chi connectivity index (χ3n) is 7.25. The Bertz CT molecular complexity index is 677. The van der Waals surface area contributed by atoms with Crippen molar-refractivity contribution in [3.05, 3.63) is 0 Å². The number of amides is 3. The van der Waals surface area contributed by atoms with Gasteiger partial charge in [0.1, 0.15) is 0 Å². The second kappa shape index (κ2) is 27.0. The molecule has 9 N–H and O–H groups in total. The fraction of sp³-hybridized carbons (Fsp3) is 0.867. The molecule has 0 bridgehead atoms. The number of hydrogen-bond donors (Lipinski definition) is 6. The maximum Gasteiger partial charge on any atom is 0.303 e. The third-order valence-corrected chi connectivity index (χ3v) is 7.25. The average molecular weight is 570 g/mol. The minimum atomic E-state index is -0.688. The summed E-state index contributed by atoms with van der Waals surface area (Å²) in [7, 11) is 0. The van der Waals surface area contributed by atoms with Crippen molar-refractivity contribution in [2.45, 2.75) is 153 Å². The molecule has 0 rings (SSSR count). The van der Waals surface area contributed by atoms with Crippen LogP contribution in [-0.4, -0.2) is 54.0 Å². The molecule has 0 aliphatic rings. The van der Waals surface area contributed by atoms with E-state index in [0.29, 0.717) is 51.6 Å². The SMILES string of the molecule is NC(=O)[C@@H](N)CCCCNC(=O)[C@@H](N)CCCCNC(=O)CCCCCCCCCCCCCCCCC(=O)O. The van der Waals surface area contributed by atoms with Gasteiger partial charge < -0.3 is 32.9 Å². The molecule has 10 heteroatoms. The predicted octanol–water partition coefficient (Wildman–Crippen LogP) is 4.03. The van der Waals surface area contributed by atoms with Crippen LogP contribution in [-0.2, 0) is 19.2 Å². The lowest BCUT2D eigenvalue weighted by Crippen LogP contribution is -2.41. The van der Waals surface area contributed by atoms with Crippen molar-refractivity contribution < 1.29 is 24.3 Å². The Morgan fingerprint density at radius 2 is 0.925 bits per heavy atom. The van der Waals surface area contributed by atoms with Crippen LogP contribution in [0.3, 0.4) is 0 Å². The molecule has 0 aromatic carbocycles. The highest BCUT2D eigenvalue weighted by atomic mass is 16.4. The Balaban J connectivity index is 3.41. The van der Waals surface area contributed by atoms with Crippen LogP contribution in [0.4, 0.5) is 0 Å². The molecule has 0 saturated carbocycles. The van der Waals surface area contributed by atoms with Crippen LogP contribution in [0, 0.1) is 0 Å². The number of nitrogens with one attached hydrogen (secondary N) is 2. The zero-order valence-electron chi connectivity index (χ0n) is 24.9. The van der Waals surface area contributed by atoms with Gasteiger partial charge in [-0.25, -0.2) is 0 Å². The van der Waals surface area contributed by atoms with E-state index in [4.69, 9.17) is 22.3 Å². The molecule has 2 atom stereocenters. The van der Waals surface area contributed by atoms with E-state index in [1.165, 1.54) is 57.8 Å². The normalized spacial score (nSPS) is 12.6. The Kier molecular flexibility index (Phi) is 25.5. The maximum absolute atomic E-state index is 12.0. The van der Waals surface area contributed by atoms with Crippen LogP contribution in [0.15, 0.2) is 0 Å². The summed E-state index contributed by atoms with van der Waals surface area (Å²) in [4.78, 5) is 45.4. The molecular weight excluding hydrogens is 510 g/mol. The van der Waals surface area contributed by atoms with E-state index in [0.717, 1.165) is 44.9 Å². The summed E-state index contributed by atoms with van der Waals surface area (Å²) in [6, 6.07) is -1.20. The van der Waals surface area contributed by atoms with Gasteiger partial charge in [0, 0.05) is 25.9 Å². The van der Waals surface area contributed by atoms with Gasteiger partial charge in [0.25, 0.3) is 0 Å². The molecule has 0 aromatic rings. The first-order chi connectivity index (χ1) is 19.2. The Hall–Kier alpha value is -2.20. The number of carboxylic acids is 1. The molecule has 0 aliphatic carbocycles. The molecular formula is C30H59N5O5. The van der Waals surface area contributed by atoms with E-state index in [1.807, 2.05) is 0 Å². The van der Waals surface area contributed by atoms with Crippen LogP contribution < -0.4 is 27.8 Å². The van der Waals surface area contributed by atoms with E-state index in [-0.39, 0.29) is 11.8 Å². The van der Waals surface area contributed by atoms with Gasteiger partial charge in [0.05, 0.1) is 12.1 Å². The van der Waals surface area contributed by atoms with E-state index in [9.17, 15) is 19.2 Å². The fourth-order valence-corrected chi connectivity index (χ4v) is 4.59. The fourth-order valence-electron chi connectivity index (χ4n) is 4.59. The molecule has 0 aromatic heterocycles. The number of rotatable bonds is 29. The van der Waals surface area contributed by atoms with E-state index in [2.05, 4.69) is 10.6 Å². The molecule has 0 radical (unpaired) electrons. The average Bonchev–Trinajstić information content (AvgIpc) is 2.91. The molecule has 3 amide bonds. The summed E-state index contributed by atoms with van der Waals surface area (Å²) in [5.74, 6) is -1.28. The van der Waals surface area contributed by atoms with Gasteiger partial charge in [0.15, 0.2) is 0 Å². The van der Waals surface area contributed by atoms with Crippen LogP contribution in [0.25, 0.3) is 0 Å². The molecule has 10 nitrogen and oxygen atoms in total. The highest BCUT2D eigenvalue weighted by Crippen LogP contribution is 2.14. The lowest BCUT2D eigenvalue weighted by atomic mass is 10.0. The number of nitrogens with two attached hydrogens (primary N) is 3. The van der Waals surface area contributed by atoms with Crippen LogP contribution >= 0.6 is 0 Å². The summed E-state index contributed by atoms with van der Waals surface area (Å²) >= 11 is 0. The maximum atomic E-state index is 12.0. The Labute approximate surface area is 242 Å². The summed E-state index contributed by atoms with van der Waals surface area (Å²) in [5.41, 5.74) is 16.6. The van der Waals surface area contributed by atoms with Crippen LogP contribution in [0.5, 0.6) is 0 Å². The largest absolute Gasteiger partial charge is 0.481 e. The summed E-state index contributed by atoms with van der Waals surface area (Å²) in [6.45, 7) is 1.10. The molecule has 40 heavy (non-hydrogen) atoms. The number of carbonyl (C=O) groups is 4. The van der Waals surface area contributed by atoms with Gasteiger partial charge in [-0.3, -0.25) is 19.2 Å². The standard InChI is InChI=1S/C30H59N5O5/c31-25(29(33)39)19-15-18-24-35-30(40)26(32)20-16-17-23-34-27(36)21-13-11-9-7-5-3-1-2-4-6-8-10-12-14-22-28(37)38/h25-26H,1-24,31-32H2,(H2,33,39)(H,34,36)(H,35,40)(H,37,38)/t25-,26-/m0/s1. The van der Waals surface area contributed by atoms with Gasteiger partial charge in [-0.1, -0.05) is 77.0 Å². The van der Waals surface area contributed by atoms with Crippen molar-refractivity contribution in [2.75, 3.05) is 13.1 Å². The van der Waals surface area contributed by atoms with Crippen molar-refractivity contribution in [1.82, 2.24) is 10.6 Å². The predicted molar refractivity (Wildman–Crippen MR) is 160 cm³/mol. The number of primary amides is 1. The number of unbranched alkanes of at least 4 members (excludes halogenated alkanes) is 15. The monoisotopic (exact) mass is 569 g/mol. The zero-order chi connectivity index (χ0) is 29.8. The quantitative estimate of drug-likeness (QED) is 0.0732.